The molecule has 0 radical (unpaired) electrons. The number of imidazole rings is 1. The van der Waals surface area contributed by atoms with Gasteiger partial charge in [-0.2, -0.15) is 0 Å². The lowest BCUT2D eigenvalue weighted by molar-refractivity contribution is -0.143. The highest BCUT2D eigenvalue weighted by molar-refractivity contribution is 5.77. The number of aryl methyl sites for hydroxylation is 1. The van der Waals surface area contributed by atoms with Gasteiger partial charge in [0, 0.05) is 6.54 Å². The summed E-state index contributed by atoms with van der Waals surface area (Å²) in [5, 5.41) is 2.95. The molecule has 0 fully saturated rings. The molecule has 0 aliphatic rings. The van der Waals surface area contributed by atoms with Gasteiger partial charge in [-0.15, -0.1) is 6.42 Å². The highest BCUT2D eigenvalue weighted by Gasteiger charge is 2.23. The Labute approximate surface area is 101 Å². The van der Waals surface area contributed by atoms with E-state index in [1.165, 1.54) is 7.11 Å². The molecule has 5 heteroatoms. The zero-order valence-electron chi connectivity index (χ0n) is 10.1. The first-order chi connectivity index (χ1) is 8.24. The molecule has 0 spiro atoms. The second kappa shape index (κ2) is 6.71. The van der Waals surface area contributed by atoms with Crippen LogP contribution < -0.4 is 5.32 Å². The normalized spacial score (nSPS) is 11.8. The molecule has 1 unspecified atom stereocenters. The van der Waals surface area contributed by atoms with Crippen molar-refractivity contribution in [1.29, 1.82) is 0 Å². The van der Waals surface area contributed by atoms with E-state index in [1.807, 2.05) is 4.57 Å². The number of rotatable bonds is 6. The molecule has 5 nitrogen and oxygen atoms in total. The van der Waals surface area contributed by atoms with E-state index in [0.717, 1.165) is 18.7 Å². The molecule has 1 atom stereocenters. The van der Waals surface area contributed by atoms with Crippen LogP contribution in [0.5, 0.6) is 0 Å². The average molecular weight is 235 g/mol. The molecule has 1 aromatic heterocycles. The minimum atomic E-state index is -0.565. The maximum atomic E-state index is 11.7. The second-order valence-corrected chi connectivity index (χ2v) is 3.55. The standard InChI is InChI=1S/C12H17N3O2/c1-4-6-14-11(12(16)17-3)10-8-13-9-15(10)7-5-2/h1,8-9,11,14H,5-7H2,2-3H3. The van der Waals surface area contributed by atoms with Crippen molar-refractivity contribution in [2.24, 2.45) is 0 Å². The highest BCUT2D eigenvalue weighted by Crippen LogP contribution is 2.14. The number of carbonyl (C=O) groups is 1. The number of esters is 1. The number of nitrogens with zero attached hydrogens (tertiary/aromatic N) is 2. The van der Waals surface area contributed by atoms with Crippen molar-refractivity contribution in [2.75, 3.05) is 13.7 Å². The van der Waals surface area contributed by atoms with Gasteiger partial charge in [-0.1, -0.05) is 12.8 Å². The zero-order chi connectivity index (χ0) is 12.7. The van der Waals surface area contributed by atoms with Crippen LogP contribution in [0.3, 0.4) is 0 Å². The van der Waals surface area contributed by atoms with Crippen LogP contribution in [0.15, 0.2) is 12.5 Å². The topological polar surface area (TPSA) is 56.1 Å². The van der Waals surface area contributed by atoms with Gasteiger partial charge in [0.25, 0.3) is 0 Å². The third-order valence-electron chi connectivity index (χ3n) is 2.35. The molecule has 0 aromatic carbocycles. The summed E-state index contributed by atoms with van der Waals surface area (Å²) in [6.07, 6.45) is 9.50. The monoisotopic (exact) mass is 235 g/mol. The maximum absolute atomic E-state index is 11.7. The molecule has 1 N–H and O–H groups in total. The van der Waals surface area contributed by atoms with Crippen LogP contribution >= 0.6 is 0 Å². The number of hydrogen-bond acceptors (Lipinski definition) is 4. The van der Waals surface area contributed by atoms with Gasteiger partial charge in [0.1, 0.15) is 6.04 Å². The van der Waals surface area contributed by atoms with Gasteiger partial charge in [0.15, 0.2) is 0 Å². The molecular weight excluding hydrogens is 218 g/mol. The molecule has 0 saturated carbocycles. The number of hydrogen-bond donors (Lipinski definition) is 1. The van der Waals surface area contributed by atoms with Crippen LogP contribution in [0.4, 0.5) is 0 Å². The van der Waals surface area contributed by atoms with E-state index < -0.39 is 6.04 Å². The van der Waals surface area contributed by atoms with Crippen LogP contribution in [-0.2, 0) is 16.1 Å². The van der Waals surface area contributed by atoms with Crippen LogP contribution in [0.2, 0.25) is 0 Å². The molecule has 17 heavy (non-hydrogen) atoms. The fraction of sp³-hybridized carbons (Fsp3) is 0.500. The lowest BCUT2D eigenvalue weighted by Crippen LogP contribution is -2.31. The number of aromatic nitrogens is 2. The van der Waals surface area contributed by atoms with E-state index >= 15 is 0 Å². The largest absolute Gasteiger partial charge is 0.468 e. The lowest BCUT2D eigenvalue weighted by atomic mass is 10.2. The number of methoxy groups -OCH3 is 1. The molecule has 0 aliphatic heterocycles. The smallest absolute Gasteiger partial charge is 0.329 e. The Morgan fingerprint density at radius 3 is 3.12 bits per heavy atom. The number of nitrogens with one attached hydrogen (secondary N) is 1. The Kier molecular flexibility index (Phi) is 5.24. The van der Waals surface area contributed by atoms with Gasteiger partial charge in [0.05, 0.1) is 31.9 Å². The van der Waals surface area contributed by atoms with Crippen molar-refractivity contribution in [3.63, 3.8) is 0 Å². The molecule has 92 valence electrons. The Bertz CT molecular complexity index is 406. The van der Waals surface area contributed by atoms with Gasteiger partial charge in [-0.3, -0.25) is 5.32 Å². The van der Waals surface area contributed by atoms with E-state index in [4.69, 9.17) is 11.2 Å². The predicted molar refractivity (Wildman–Crippen MR) is 64.1 cm³/mol. The van der Waals surface area contributed by atoms with Crippen LogP contribution in [0, 0.1) is 12.3 Å². The van der Waals surface area contributed by atoms with Crippen molar-refractivity contribution in [3.8, 4) is 12.3 Å². The first-order valence-electron chi connectivity index (χ1n) is 5.49. The summed E-state index contributed by atoms with van der Waals surface area (Å²) in [4.78, 5) is 15.7. The predicted octanol–water partition coefficient (Wildman–Crippen LogP) is 0.730. The van der Waals surface area contributed by atoms with E-state index in [0.29, 0.717) is 6.54 Å². The SMILES string of the molecule is C#CCNC(C(=O)OC)c1cncn1CCC. The summed E-state index contributed by atoms with van der Waals surface area (Å²) < 4.78 is 6.68. The molecule has 0 aliphatic carbocycles. The fourth-order valence-corrected chi connectivity index (χ4v) is 1.59. The van der Waals surface area contributed by atoms with Gasteiger partial charge in [-0.25, -0.2) is 9.78 Å². The molecule has 1 aromatic rings. The lowest BCUT2D eigenvalue weighted by Gasteiger charge is -2.16. The quantitative estimate of drug-likeness (QED) is 0.583. The third kappa shape index (κ3) is 3.33. The molecule has 1 heterocycles. The van der Waals surface area contributed by atoms with Crippen molar-refractivity contribution in [2.45, 2.75) is 25.9 Å². The molecule has 0 saturated heterocycles. The maximum Gasteiger partial charge on any atom is 0.329 e. The van der Waals surface area contributed by atoms with Gasteiger partial charge in [-0.05, 0) is 6.42 Å². The van der Waals surface area contributed by atoms with Crippen molar-refractivity contribution in [3.05, 3.63) is 18.2 Å². The minimum Gasteiger partial charge on any atom is -0.468 e. The Hall–Kier alpha value is -1.80. The highest BCUT2D eigenvalue weighted by atomic mass is 16.5. The Balaban J connectivity index is 2.91. The summed E-state index contributed by atoms with van der Waals surface area (Å²) >= 11 is 0. The first kappa shape index (κ1) is 13.3. The summed E-state index contributed by atoms with van der Waals surface area (Å²) in [6.45, 7) is 3.17. The summed E-state index contributed by atoms with van der Waals surface area (Å²) in [6, 6.07) is -0.565. The fourth-order valence-electron chi connectivity index (χ4n) is 1.59. The van der Waals surface area contributed by atoms with Crippen LogP contribution in [0.25, 0.3) is 0 Å². The Morgan fingerprint density at radius 2 is 2.53 bits per heavy atom. The number of carbonyl (C=O) groups excluding carboxylic acids is 1. The molecular formula is C12H17N3O2. The van der Waals surface area contributed by atoms with E-state index in [1.54, 1.807) is 12.5 Å². The molecule has 1 rings (SSSR count). The van der Waals surface area contributed by atoms with Gasteiger partial charge in [0.2, 0.25) is 0 Å². The zero-order valence-corrected chi connectivity index (χ0v) is 10.1. The first-order valence-corrected chi connectivity index (χ1v) is 5.49. The number of terminal acetylenes is 1. The number of ether oxygens (including phenoxy) is 1. The van der Waals surface area contributed by atoms with Crippen molar-refractivity contribution >= 4 is 5.97 Å². The minimum absolute atomic E-state index is 0.303. The average Bonchev–Trinajstić information content (AvgIpc) is 2.78. The van der Waals surface area contributed by atoms with Crippen LogP contribution in [0.1, 0.15) is 25.1 Å². The van der Waals surface area contributed by atoms with Crippen LogP contribution in [-0.4, -0.2) is 29.2 Å². The second-order valence-electron chi connectivity index (χ2n) is 3.55. The summed E-state index contributed by atoms with van der Waals surface area (Å²) in [7, 11) is 1.35. The van der Waals surface area contributed by atoms with Gasteiger partial charge >= 0.3 is 5.97 Å². The van der Waals surface area contributed by atoms with E-state index in [2.05, 4.69) is 23.1 Å². The van der Waals surface area contributed by atoms with Gasteiger partial charge < -0.3 is 9.30 Å². The molecule has 0 amide bonds. The summed E-state index contributed by atoms with van der Waals surface area (Å²) in [5.74, 6) is 2.08. The third-order valence-corrected chi connectivity index (χ3v) is 2.35. The Morgan fingerprint density at radius 1 is 1.76 bits per heavy atom. The molecule has 0 bridgehead atoms. The van der Waals surface area contributed by atoms with E-state index in [9.17, 15) is 4.79 Å². The van der Waals surface area contributed by atoms with Crippen molar-refractivity contribution in [1.82, 2.24) is 14.9 Å². The summed E-state index contributed by atoms with van der Waals surface area (Å²) in [5.41, 5.74) is 0.772. The van der Waals surface area contributed by atoms with E-state index in [-0.39, 0.29) is 5.97 Å². The van der Waals surface area contributed by atoms with Crippen molar-refractivity contribution < 1.29 is 9.53 Å².